The zero-order valence-electron chi connectivity index (χ0n) is 14.5. The Bertz CT molecular complexity index is 824. The Morgan fingerprint density at radius 3 is 2.38 bits per heavy atom. The normalized spacial score (nSPS) is 10.4. The third-order valence-corrected chi connectivity index (χ3v) is 3.41. The number of amides is 1. The van der Waals surface area contributed by atoms with Crippen LogP contribution in [0.15, 0.2) is 54.6 Å². The molecule has 134 valence electrons. The lowest BCUT2D eigenvalue weighted by Gasteiger charge is -2.05. The summed E-state index contributed by atoms with van der Waals surface area (Å²) in [6.07, 6.45) is 2.80. The molecular weight excluding hydrogens is 334 g/mol. The zero-order valence-corrected chi connectivity index (χ0v) is 14.5. The Balaban J connectivity index is 1.89. The Morgan fingerprint density at radius 1 is 1.04 bits per heavy atom. The van der Waals surface area contributed by atoms with Gasteiger partial charge in [0.25, 0.3) is 0 Å². The maximum Gasteiger partial charge on any atom is 0.331 e. The molecule has 6 nitrogen and oxygen atoms in total. The molecular formula is C20H19NO5. The van der Waals surface area contributed by atoms with E-state index in [-0.39, 0.29) is 18.3 Å². The average molecular weight is 353 g/mol. The van der Waals surface area contributed by atoms with Crippen molar-refractivity contribution in [1.29, 1.82) is 0 Å². The lowest BCUT2D eigenvalue weighted by Crippen LogP contribution is -2.13. The second-order valence-corrected chi connectivity index (χ2v) is 5.36. The number of ether oxygens (including phenoxy) is 2. The van der Waals surface area contributed by atoms with E-state index in [9.17, 15) is 14.4 Å². The lowest BCUT2D eigenvalue weighted by atomic mass is 10.1. The van der Waals surface area contributed by atoms with Crippen LogP contribution in [0, 0.1) is 0 Å². The van der Waals surface area contributed by atoms with Crippen LogP contribution in [0.5, 0.6) is 5.75 Å². The van der Waals surface area contributed by atoms with Crippen molar-refractivity contribution in [2.24, 2.45) is 0 Å². The van der Waals surface area contributed by atoms with E-state index < -0.39 is 5.97 Å². The summed E-state index contributed by atoms with van der Waals surface area (Å²) in [7, 11) is 1.54. The first kappa shape index (κ1) is 18.9. The van der Waals surface area contributed by atoms with Gasteiger partial charge in [-0.25, -0.2) is 4.79 Å². The molecule has 6 heteroatoms. The fourth-order valence-corrected chi connectivity index (χ4v) is 2.17. The topological polar surface area (TPSA) is 81.7 Å². The van der Waals surface area contributed by atoms with E-state index in [0.29, 0.717) is 17.0 Å². The predicted octanol–water partition coefficient (Wildman–Crippen LogP) is 3.09. The minimum Gasteiger partial charge on any atom is -0.496 e. The van der Waals surface area contributed by atoms with Crippen molar-refractivity contribution in [3.05, 3.63) is 65.7 Å². The molecule has 0 atom stereocenters. The Hall–Kier alpha value is -3.41. The quantitative estimate of drug-likeness (QED) is 0.470. The van der Waals surface area contributed by atoms with E-state index in [0.717, 1.165) is 5.56 Å². The van der Waals surface area contributed by atoms with Crippen molar-refractivity contribution >= 4 is 29.4 Å². The number of Topliss-reactive ketones (excluding diaryl/α,β-unsaturated/α-hetero) is 1. The first-order valence-electron chi connectivity index (χ1n) is 7.88. The molecule has 0 aliphatic carbocycles. The number of methoxy groups -OCH3 is 1. The molecule has 0 saturated heterocycles. The van der Waals surface area contributed by atoms with E-state index in [4.69, 9.17) is 9.47 Å². The molecule has 0 aliphatic heterocycles. The SMILES string of the molecule is COc1ccccc1/C=C/C(=O)OCC(=O)c1ccc(NC(C)=O)cc1. The summed E-state index contributed by atoms with van der Waals surface area (Å²) in [5.74, 6) is -0.524. The number of carbonyl (C=O) groups excluding carboxylic acids is 3. The van der Waals surface area contributed by atoms with E-state index >= 15 is 0 Å². The largest absolute Gasteiger partial charge is 0.496 e. The summed E-state index contributed by atoms with van der Waals surface area (Å²) in [5.41, 5.74) is 1.71. The second kappa shape index (κ2) is 9.17. The maximum atomic E-state index is 12.0. The van der Waals surface area contributed by atoms with Gasteiger partial charge in [0.15, 0.2) is 12.4 Å². The van der Waals surface area contributed by atoms with Gasteiger partial charge in [0.1, 0.15) is 5.75 Å². The molecule has 0 aliphatic rings. The smallest absolute Gasteiger partial charge is 0.331 e. The van der Waals surface area contributed by atoms with Crippen molar-refractivity contribution in [2.45, 2.75) is 6.92 Å². The molecule has 1 N–H and O–H groups in total. The van der Waals surface area contributed by atoms with E-state index in [1.165, 1.54) is 13.0 Å². The lowest BCUT2D eigenvalue weighted by molar-refractivity contribution is -0.136. The van der Waals surface area contributed by atoms with Gasteiger partial charge in [-0.3, -0.25) is 9.59 Å². The standard InChI is InChI=1S/C20H19NO5/c1-14(22)21-17-10-7-15(8-11-17)18(23)13-26-20(24)12-9-16-5-3-4-6-19(16)25-2/h3-12H,13H2,1-2H3,(H,21,22)/b12-9+. The Kier molecular flexibility index (Phi) is 6.68. The van der Waals surface area contributed by atoms with Gasteiger partial charge in [-0.15, -0.1) is 0 Å². The number of nitrogens with one attached hydrogen (secondary N) is 1. The van der Waals surface area contributed by atoms with E-state index in [1.807, 2.05) is 12.1 Å². The van der Waals surface area contributed by atoms with Crippen molar-refractivity contribution in [3.63, 3.8) is 0 Å². The number of esters is 1. The molecule has 0 aromatic heterocycles. The van der Waals surface area contributed by atoms with Crippen LogP contribution in [0.25, 0.3) is 6.08 Å². The van der Waals surface area contributed by atoms with Crippen LogP contribution in [0.4, 0.5) is 5.69 Å². The van der Waals surface area contributed by atoms with Gasteiger partial charge in [0.2, 0.25) is 5.91 Å². The van der Waals surface area contributed by atoms with Gasteiger partial charge < -0.3 is 14.8 Å². The number of benzene rings is 2. The number of hydrogen-bond acceptors (Lipinski definition) is 5. The average Bonchev–Trinajstić information content (AvgIpc) is 2.64. The van der Waals surface area contributed by atoms with Gasteiger partial charge in [-0.1, -0.05) is 18.2 Å². The summed E-state index contributed by atoms with van der Waals surface area (Å²) in [4.78, 5) is 34.8. The van der Waals surface area contributed by atoms with Crippen LogP contribution in [0.1, 0.15) is 22.8 Å². The van der Waals surface area contributed by atoms with Gasteiger partial charge in [0.05, 0.1) is 7.11 Å². The highest BCUT2D eigenvalue weighted by atomic mass is 16.5. The van der Waals surface area contributed by atoms with Gasteiger partial charge >= 0.3 is 5.97 Å². The molecule has 0 spiro atoms. The second-order valence-electron chi connectivity index (χ2n) is 5.36. The summed E-state index contributed by atoms with van der Waals surface area (Å²) in [6.45, 7) is 1.03. The van der Waals surface area contributed by atoms with Crippen LogP contribution >= 0.6 is 0 Å². The maximum absolute atomic E-state index is 12.0. The molecule has 0 fully saturated rings. The highest BCUT2D eigenvalue weighted by molar-refractivity contribution is 5.99. The number of anilines is 1. The van der Waals surface area contributed by atoms with Crippen molar-refractivity contribution in [2.75, 3.05) is 19.0 Å². The van der Waals surface area contributed by atoms with Gasteiger partial charge in [-0.05, 0) is 36.4 Å². The first-order chi connectivity index (χ1) is 12.5. The summed E-state index contributed by atoms with van der Waals surface area (Å²) >= 11 is 0. The molecule has 26 heavy (non-hydrogen) atoms. The third kappa shape index (κ3) is 5.59. The van der Waals surface area contributed by atoms with Crippen LogP contribution in [0.2, 0.25) is 0 Å². The summed E-state index contributed by atoms with van der Waals surface area (Å²) < 4.78 is 10.1. The molecule has 1 amide bonds. The third-order valence-electron chi connectivity index (χ3n) is 3.41. The number of rotatable bonds is 7. The number of hydrogen-bond donors (Lipinski definition) is 1. The molecule has 0 heterocycles. The molecule has 0 unspecified atom stereocenters. The van der Waals surface area contributed by atoms with E-state index in [1.54, 1.807) is 49.6 Å². The van der Waals surface area contributed by atoms with Gasteiger partial charge in [0, 0.05) is 29.8 Å². The van der Waals surface area contributed by atoms with Crippen molar-refractivity contribution in [3.8, 4) is 5.75 Å². The molecule has 2 aromatic rings. The minimum absolute atomic E-state index is 0.195. The fraction of sp³-hybridized carbons (Fsp3) is 0.150. The number of ketones is 1. The molecule has 0 saturated carbocycles. The molecule has 2 rings (SSSR count). The molecule has 2 aromatic carbocycles. The number of carbonyl (C=O) groups is 3. The Labute approximate surface area is 151 Å². The molecule has 0 bridgehead atoms. The molecule has 0 radical (unpaired) electrons. The predicted molar refractivity (Wildman–Crippen MR) is 98.1 cm³/mol. The van der Waals surface area contributed by atoms with E-state index in [2.05, 4.69) is 5.32 Å². The fourth-order valence-electron chi connectivity index (χ4n) is 2.17. The van der Waals surface area contributed by atoms with Crippen LogP contribution < -0.4 is 10.1 Å². The van der Waals surface area contributed by atoms with Crippen molar-refractivity contribution in [1.82, 2.24) is 0 Å². The minimum atomic E-state index is -0.626. The van der Waals surface area contributed by atoms with Crippen molar-refractivity contribution < 1.29 is 23.9 Å². The first-order valence-corrected chi connectivity index (χ1v) is 7.88. The van der Waals surface area contributed by atoms with Crippen LogP contribution in [-0.2, 0) is 14.3 Å². The Morgan fingerprint density at radius 2 is 1.73 bits per heavy atom. The summed E-state index contributed by atoms with van der Waals surface area (Å²) in [5, 5.41) is 2.61. The zero-order chi connectivity index (χ0) is 18.9. The van der Waals surface area contributed by atoms with Crippen LogP contribution in [-0.4, -0.2) is 31.4 Å². The summed E-state index contributed by atoms with van der Waals surface area (Å²) in [6, 6.07) is 13.6. The number of para-hydroxylation sites is 1. The van der Waals surface area contributed by atoms with Crippen LogP contribution in [0.3, 0.4) is 0 Å². The highest BCUT2D eigenvalue weighted by Crippen LogP contribution is 2.18. The van der Waals surface area contributed by atoms with Gasteiger partial charge in [-0.2, -0.15) is 0 Å². The highest BCUT2D eigenvalue weighted by Gasteiger charge is 2.09. The monoisotopic (exact) mass is 353 g/mol.